The number of amides is 1. The molecule has 34 heavy (non-hydrogen) atoms. The molecule has 11 nitrogen and oxygen atoms in total. The van der Waals surface area contributed by atoms with Crippen LogP contribution in [0.4, 0.5) is 10.8 Å². The topological polar surface area (TPSA) is 133 Å². The van der Waals surface area contributed by atoms with Crippen molar-refractivity contribution in [3.8, 4) is 10.9 Å². The van der Waals surface area contributed by atoms with E-state index in [1.807, 2.05) is 13.0 Å². The molecule has 0 fully saturated rings. The summed E-state index contributed by atoms with van der Waals surface area (Å²) < 4.78 is 18.1. The van der Waals surface area contributed by atoms with Crippen LogP contribution in [0.1, 0.15) is 37.0 Å². The van der Waals surface area contributed by atoms with Crippen molar-refractivity contribution in [1.82, 2.24) is 20.0 Å². The standard InChI is InChI=1S/C21H30N6O5SSi/c1-13-8-9-23-27(13)20-26-25-19(33-20)24-17(28)15-12-14(16(30-5)18(29)32-15)22-10-11-31-34(6,7)21(2,3)4/h8-9,12,22H,10-11H2,1-7H3,(H,24,25,28). The average Bonchev–Trinajstić information content (AvgIpc) is 3.38. The first-order chi connectivity index (χ1) is 15.9. The molecule has 184 valence electrons. The van der Waals surface area contributed by atoms with E-state index in [0.717, 1.165) is 17.0 Å². The van der Waals surface area contributed by atoms with Gasteiger partial charge in [-0.15, -0.1) is 10.2 Å². The van der Waals surface area contributed by atoms with Crippen LogP contribution in [0.2, 0.25) is 18.1 Å². The molecule has 0 unspecified atom stereocenters. The van der Waals surface area contributed by atoms with Gasteiger partial charge in [-0.25, -0.2) is 9.48 Å². The molecular weight excluding hydrogens is 476 g/mol. The molecule has 0 aliphatic rings. The summed E-state index contributed by atoms with van der Waals surface area (Å²) in [5.41, 5.74) is 0.448. The molecule has 13 heteroatoms. The lowest BCUT2D eigenvalue weighted by molar-refractivity contribution is 0.0991. The molecule has 0 aliphatic heterocycles. The Morgan fingerprint density at radius 2 is 2.03 bits per heavy atom. The fraction of sp³-hybridized carbons (Fsp3) is 0.476. The molecule has 3 aromatic rings. The molecule has 0 atom stereocenters. The average molecular weight is 507 g/mol. The second-order valence-corrected chi connectivity index (χ2v) is 14.9. The van der Waals surface area contributed by atoms with E-state index in [4.69, 9.17) is 13.6 Å². The molecule has 0 spiro atoms. The predicted molar refractivity (Wildman–Crippen MR) is 133 cm³/mol. The van der Waals surface area contributed by atoms with Crippen LogP contribution in [0.3, 0.4) is 0 Å². The van der Waals surface area contributed by atoms with Gasteiger partial charge in [0.1, 0.15) is 0 Å². The third kappa shape index (κ3) is 5.71. The summed E-state index contributed by atoms with van der Waals surface area (Å²) >= 11 is 1.14. The number of nitrogens with one attached hydrogen (secondary N) is 2. The first kappa shape index (κ1) is 25.6. The van der Waals surface area contributed by atoms with Crippen molar-refractivity contribution in [2.24, 2.45) is 0 Å². The number of hydrogen-bond donors (Lipinski definition) is 2. The highest BCUT2D eigenvalue weighted by atomic mass is 32.1. The van der Waals surface area contributed by atoms with Gasteiger partial charge in [0.05, 0.1) is 19.4 Å². The maximum absolute atomic E-state index is 12.7. The van der Waals surface area contributed by atoms with Crippen molar-refractivity contribution < 1.29 is 18.4 Å². The first-order valence-corrected chi connectivity index (χ1v) is 14.4. The van der Waals surface area contributed by atoms with Crippen molar-refractivity contribution in [3.63, 3.8) is 0 Å². The fourth-order valence-corrected chi connectivity index (χ4v) is 4.51. The highest BCUT2D eigenvalue weighted by Gasteiger charge is 2.36. The van der Waals surface area contributed by atoms with E-state index < -0.39 is 19.9 Å². The Bertz CT molecular complexity index is 1210. The Kier molecular flexibility index (Phi) is 7.58. The van der Waals surface area contributed by atoms with Crippen LogP contribution in [0.25, 0.3) is 5.13 Å². The first-order valence-electron chi connectivity index (χ1n) is 10.7. The highest BCUT2D eigenvalue weighted by molar-refractivity contribution is 7.17. The molecule has 2 N–H and O–H groups in total. The third-order valence-corrected chi connectivity index (χ3v) is 11.0. The Labute approximate surface area is 202 Å². The monoisotopic (exact) mass is 506 g/mol. The quantitative estimate of drug-likeness (QED) is 0.329. The second-order valence-electron chi connectivity index (χ2n) is 9.11. The summed E-state index contributed by atoms with van der Waals surface area (Å²) in [6.45, 7) is 13.6. The van der Waals surface area contributed by atoms with Gasteiger partial charge < -0.3 is 18.9 Å². The van der Waals surface area contributed by atoms with Gasteiger partial charge in [0.25, 0.3) is 5.91 Å². The van der Waals surface area contributed by atoms with Crippen molar-refractivity contribution in [2.45, 2.75) is 45.8 Å². The van der Waals surface area contributed by atoms with E-state index >= 15 is 0 Å². The van der Waals surface area contributed by atoms with Crippen LogP contribution < -0.4 is 21.0 Å². The Hall–Kier alpha value is -3.03. The van der Waals surface area contributed by atoms with Crippen LogP contribution in [0.15, 0.2) is 27.5 Å². The zero-order valence-corrected chi connectivity index (χ0v) is 22.2. The Morgan fingerprint density at radius 3 is 2.65 bits per heavy atom. The Balaban J connectivity index is 1.71. The van der Waals surface area contributed by atoms with Gasteiger partial charge >= 0.3 is 5.63 Å². The normalized spacial score (nSPS) is 12.0. The summed E-state index contributed by atoms with van der Waals surface area (Å²) in [6, 6.07) is 3.25. The highest BCUT2D eigenvalue weighted by Crippen LogP contribution is 2.36. The molecule has 0 bridgehead atoms. The van der Waals surface area contributed by atoms with Crippen LogP contribution in [-0.4, -0.2) is 54.5 Å². The molecule has 0 saturated carbocycles. The molecule has 3 heterocycles. The maximum atomic E-state index is 12.7. The number of rotatable bonds is 9. The molecule has 1 amide bonds. The molecule has 0 radical (unpaired) electrons. The zero-order valence-electron chi connectivity index (χ0n) is 20.4. The lowest BCUT2D eigenvalue weighted by atomic mass is 10.2. The summed E-state index contributed by atoms with van der Waals surface area (Å²) in [6.07, 6.45) is 1.65. The number of aromatic nitrogens is 4. The van der Waals surface area contributed by atoms with Gasteiger partial charge in [-0.3, -0.25) is 10.1 Å². The van der Waals surface area contributed by atoms with E-state index in [9.17, 15) is 9.59 Å². The number of carbonyl (C=O) groups is 1. The molecule has 3 rings (SSSR count). The number of carbonyl (C=O) groups excluding carboxylic acids is 1. The summed E-state index contributed by atoms with van der Waals surface area (Å²) in [7, 11) is -0.539. The lowest BCUT2D eigenvalue weighted by Gasteiger charge is -2.36. The van der Waals surface area contributed by atoms with Gasteiger partial charge in [0.2, 0.25) is 16.0 Å². The predicted octanol–water partition coefficient (Wildman–Crippen LogP) is 3.68. The summed E-state index contributed by atoms with van der Waals surface area (Å²) in [5.74, 6) is -0.845. The smallest absolute Gasteiger partial charge is 0.381 e. The van der Waals surface area contributed by atoms with Crippen LogP contribution in [0, 0.1) is 6.92 Å². The van der Waals surface area contributed by atoms with Gasteiger partial charge in [0, 0.05) is 24.5 Å². The Morgan fingerprint density at radius 1 is 1.29 bits per heavy atom. The molecular formula is C21H30N6O5SSi. The van der Waals surface area contributed by atoms with E-state index in [2.05, 4.69) is 59.8 Å². The number of hydrogen-bond acceptors (Lipinski definition) is 10. The lowest BCUT2D eigenvalue weighted by Crippen LogP contribution is -2.41. The minimum absolute atomic E-state index is 0.0174. The molecule has 0 aliphatic carbocycles. The zero-order chi connectivity index (χ0) is 25.1. The molecule has 0 aromatic carbocycles. The van der Waals surface area contributed by atoms with Crippen molar-refractivity contribution in [1.29, 1.82) is 0 Å². The number of anilines is 2. The largest absolute Gasteiger partial charge is 0.488 e. The molecule has 3 aromatic heterocycles. The van der Waals surface area contributed by atoms with Gasteiger partial charge in [-0.1, -0.05) is 32.1 Å². The van der Waals surface area contributed by atoms with Crippen molar-refractivity contribution >= 4 is 36.4 Å². The van der Waals surface area contributed by atoms with Crippen molar-refractivity contribution in [3.05, 3.63) is 40.2 Å². The minimum atomic E-state index is -1.90. The van der Waals surface area contributed by atoms with E-state index in [-0.39, 0.29) is 21.7 Å². The minimum Gasteiger partial charge on any atom is -0.488 e. The second kappa shape index (κ2) is 10.1. The van der Waals surface area contributed by atoms with Gasteiger partial charge in [0.15, 0.2) is 14.1 Å². The fourth-order valence-electron chi connectivity index (χ4n) is 2.71. The van der Waals surface area contributed by atoms with E-state index in [1.54, 1.807) is 10.9 Å². The number of nitrogens with zero attached hydrogens (tertiary/aromatic N) is 4. The third-order valence-electron chi connectivity index (χ3n) is 5.67. The maximum Gasteiger partial charge on any atom is 0.381 e. The van der Waals surface area contributed by atoms with Crippen molar-refractivity contribution in [2.75, 3.05) is 30.9 Å². The van der Waals surface area contributed by atoms with Gasteiger partial charge in [-0.2, -0.15) is 5.10 Å². The number of ether oxygens (including phenoxy) is 1. The van der Waals surface area contributed by atoms with Gasteiger partial charge in [-0.05, 0) is 31.1 Å². The van der Waals surface area contributed by atoms with E-state index in [0.29, 0.717) is 24.0 Å². The SMILES string of the molecule is COc1c(NCCO[Si](C)(C)C(C)(C)C)cc(C(=O)Nc2nnc(-n3nccc3C)s2)oc1=O. The number of methoxy groups -OCH3 is 1. The molecule has 0 saturated heterocycles. The van der Waals surface area contributed by atoms with Crippen LogP contribution in [0.5, 0.6) is 5.75 Å². The summed E-state index contributed by atoms with van der Waals surface area (Å²) in [5, 5.41) is 18.7. The van der Waals surface area contributed by atoms with E-state index in [1.165, 1.54) is 13.2 Å². The van der Waals surface area contributed by atoms with Crippen LogP contribution in [-0.2, 0) is 4.43 Å². The van der Waals surface area contributed by atoms with Crippen LogP contribution >= 0.6 is 11.3 Å². The summed E-state index contributed by atoms with van der Waals surface area (Å²) in [4.78, 5) is 25.1. The number of aryl methyl sites for hydroxylation is 1.